The number of hydrogen-bond donors (Lipinski definition) is 4. The fourth-order valence-corrected chi connectivity index (χ4v) is 3.76. The average Bonchev–Trinajstić information content (AvgIpc) is 2.96. The third kappa shape index (κ3) is 17.2. The number of nitrogens with one attached hydrogen (secondary N) is 2. The van der Waals surface area contributed by atoms with Gasteiger partial charge in [0.05, 0.1) is 18.4 Å². The van der Waals surface area contributed by atoms with Crippen LogP contribution in [0.15, 0.2) is 60.7 Å². The van der Waals surface area contributed by atoms with Gasteiger partial charge >= 0.3 is 18.0 Å². The van der Waals surface area contributed by atoms with E-state index >= 15 is 0 Å². The Morgan fingerprint density at radius 2 is 1.18 bits per heavy atom. The molecule has 0 saturated carbocycles. The number of hydroxylamine groups is 1. The quantitative estimate of drug-likeness (QED) is 0.119. The molecule has 2 rings (SSSR count). The number of unbranched alkanes of at least 4 members (excludes halogenated alkanes) is 4. The van der Waals surface area contributed by atoms with Crippen LogP contribution in [-0.2, 0) is 32.4 Å². The minimum absolute atomic E-state index is 0.104. The molecule has 0 fully saturated rings. The van der Waals surface area contributed by atoms with E-state index in [1.807, 2.05) is 60.7 Å². The molecule has 40 heavy (non-hydrogen) atoms. The Hall–Kier alpha value is -3.43. The zero-order valence-corrected chi connectivity index (χ0v) is 23.8. The second-order valence-electron chi connectivity index (χ2n) is 9.63. The fourth-order valence-electron chi connectivity index (χ4n) is 3.76. The van der Waals surface area contributed by atoms with E-state index in [1.165, 1.54) is 0 Å². The van der Waals surface area contributed by atoms with E-state index in [9.17, 15) is 14.4 Å². The number of benzene rings is 2. The highest BCUT2D eigenvalue weighted by atomic mass is 16.6. The van der Waals surface area contributed by atoms with Crippen molar-refractivity contribution in [2.24, 2.45) is 11.8 Å². The number of amides is 1. The zero-order valence-electron chi connectivity index (χ0n) is 23.8. The van der Waals surface area contributed by atoms with E-state index < -0.39 is 23.9 Å². The first-order valence-corrected chi connectivity index (χ1v) is 14.2. The number of carbonyl (C=O) groups excluding carboxylic acids is 1. The maximum absolute atomic E-state index is 11.5. The van der Waals surface area contributed by atoms with E-state index in [0.29, 0.717) is 26.0 Å². The number of carbonyl (C=O) groups is 3. The van der Waals surface area contributed by atoms with Gasteiger partial charge in [-0.15, -0.1) is 0 Å². The summed E-state index contributed by atoms with van der Waals surface area (Å²) >= 11 is 0. The van der Waals surface area contributed by atoms with Crippen molar-refractivity contribution in [2.45, 2.75) is 78.4 Å². The first kappa shape index (κ1) is 34.6. The van der Waals surface area contributed by atoms with Crippen LogP contribution < -0.4 is 10.8 Å². The smallest absolute Gasteiger partial charge is 0.407 e. The molecule has 2 aromatic carbocycles. The van der Waals surface area contributed by atoms with Crippen molar-refractivity contribution in [3.63, 3.8) is 0 Å². The molecule has 0 bridgehead atoms. The minimum Gasteiger partial charge on any atom is -0.481 e. The summed E-state index contributed by atoms with van der Waals surface area (Å²) in [4.78, 5) is 39.0. The third-order valence-electron chi connectivity index (χ3n) is 6.23. The van der Waals surface area contributed by atoms with Crippen LogP contribution in [0.25, 0.3) is 0 Å². The second kappa shape index (κ2) is 22.4. The Labute approximate surface area is 238 Å². The van der Waals surface area contributed by atoms with Crippen LogP contribution >= 0.6 is 0 Å². The Kier molecular flexibility index (Phi) is 19.4. The number of aliphatic carboxylic acids is 2. The van der Waals surface area contributed by atoms with Crippen molar-refractivity contribution >= 4 is 18.0 Å². The van der Waals surface area contributed by atoms with Gasteiger partial charge in [-0.1, -0.05) is 113 Å². The summed E-state index contributed by atoms with van der Waals surface area (Å²) in [7, 11) is 0. The van der Waals surface area contributed by atoms with Crippen molar-refractivity contribution in [3.8, 4) is 0 Å². The molecule has 2 atom stereocenters. The highest BCUT2D eigenvalue weighted by Gasteiger charge is 2.18. The van der Waals surface area contributed by atoms with Crippen molar-refractivity contribution in [2.75, 3.05) is 13.1 Å². The highest BCUT2D eigenvalue weighted by molar-refractivity contribution is 5.72. The lowest BCUT2D eigenvalue weighted by Crippen LogP contribution is -2.33. The summed E-state index contributed by atoms with van der Waals surface area (Å²) < 4.78 is 5.04. The molecular formula is C31H46N2O7. The molecule has 4 N–H and O–H groups in total. The van der Waals surface area contributed by atoms with E-state index in [0.717, 1.165) is 49.7 Å². The topological polar surface area (TPSA) is 134 Å². The van der Waals surface area contributed by atoms with Gasteiger partial charge in [0.25, 0.3) is 0 Å². The predicted molar refractivity (Wildman–Crippen MR) is 154 cm³/mol. The summed E-state index contributed by atoms with van der Waals surface area (Å²) in [6.45, 7) is 5.26. The van der Waals surface area contributed by atoms with Gasteiger partial charge in [0, 0.05) is 13.1 Å². The molecule has 0 aliphatic carbocycles. The molecule has 1 amide bonds. The molecule has 0 heterocycles. The van der Waals surface area contributed by atoms with Gasteiger partial charge in [0.1, 0.15) is 6.61 Å². The summed E-state index contributed by atoms with van der Waals surface area (Å²) in [5.41, 5.74) is 4.72. The molecule has 0 spiro atoms. The number of ether oxygens (including phenoxy) is 1. The zero-order chi connectivity index (χ0) is 29.4. The first-order valence-electron chi connectivity index (χ1n) is 14.2. The van der Waals surface area contributed by atoms with E-state index in [1.54, 1.807) is 0 Å². The fraction of sp³-hybridized carbons (Fsp3) is 0.516. The Morgan fingerprint density at radius 1 is 0.700 bits per heavy atom. The normalized spacial score (nSPS) is 11.9. The van der Waals surface area contributed by atoms with Crippen molar-refractivity contribution in [1.29, 1.82) is 0 Å². The largest absolute Gasteiger partial charge is 0.481 e. The Balaban J connectivity index is 0.000000402. The molecule has 0 saturated heterocycles. The molecule has 0 aliphatic rings. The number of alkyl carbamates (subject to hydrolysis) is 1. The average molecular weight is 559 g/mol. The van der Waals surface area contributed by atoms with Crippen molar-refractivity contribution < 1.29 is 34.2 Å². The van der Waals surface area contributed by atoms with Gasteiger partial charge in [-0.25, -0.2) is 10.3 Å². The number of carboxylic acids is 2. The number of hydrogen-bond acceptors (Lipinski definition) is 6. The molecule has 0 unspecified atom stereocenters. The lowest BCUT2D eigenvalue weighted by molar-refractivity contribution is -0.143. The summed E-state index contributed by atoms with van der Waals surface area (Å²) in [6, 6.07) is 19.1. The van der Waals surface area contributed by atoms with Crippen LogP contribution in [0.3, 0.4) is 0 Å². The van der Waals surface area contributed by atoms with Crippen LogP contribution in [0.2, 0.25) is 0 Å². The van der Waals surface area contributed by atoms with E-state index in [-0.39, 0.29) is 19.1 Å². The molecule has 0 aromatic heterocycles. The lowest BCUT2D eigenvalue weighted by atomic mass is 10.0. The molecule has 2 aromatic rings. The van der Waals surface area contributed by atoms with Gasteiger partial charge in [0.2, 0.25) is 0 Å². The number of carboxylic acid groups (broad SMARTS) is 2. The van der Waals surface area contributed by atoms with Crippen LogP contribution in [0.1, 0.15) is 76.3 Å². The summed E-state index contributed by atoms with van der Waals surface area (Å²) in [6.07, 6.45) is 6.72. The van der Waals surface area contributed by atoms with Gasteiger partial charge in [-0.3, -0.25) is 14.4 Å². The highest BCUT2D eigenvalue weighted by Crippen LogP contribution is 2.11. The van der Waals surface area contributed by atoms with Crippen molar-refractivity contribution in [1.82, 2.24) is 10.8 Å². The molecule has 0 aliphatic heterocycles. The Bertz CT molecular complexity index is 941. The van der Waals surface area contributed by atoms with Crippen LogP contribution in [0.5, 0.6) is 0 Å². The maximum Gasteiger partial charge on any atom is 0.407 e. The Morgan fingerprint density at radius 3 is 1.65 bits per heavy atom. The van der Waals surface area contributed by atoms with Gasteiger partial charge in [-0.05, 0) is 24.0 Å². The van der Waals surface area contributed by atoms with Crippen LogP contribution in [0, 0.1) is 11.8 Å². The van der Waals surface area contributed by atoms with Crippen molar-refractivity contribution in [3.05, 3.63) is 71.8 Å². The molecule has 9 heteroatoms. The molecular weight excluding hydrogens is 512 g/mol. The summed E-state index contributed by atoms with van der Waals surface area (Å²) in [5.74, 6) is -2.57. The standard InChI is InChI=1S/C16H23NO4.C15H23NO3/c1-2-3-5-10-14(15(18)19)11-17-16(20)21-12-13-8-6-4-7-9-13;1-2-3-5-10-14(15(17)18)11-16-19-12-13-8-6-4-7-9-13/h4,6-9,14H,2-3,5,10-12H2,1H3,(H,17,20)(H,18,19);4,6-9,14,16H,2-3,5,10-12H2,1H3,(H,17,18)/t2*14-/m11/s1. The van der Waals surface area contributed by atoms with Crippen LogP contribution in [0.4, 0.5) is 4.79 Å². The van der Waals surface area contributed by atoms with Gasteiger partial charge in [0.15, 0.2) is 0 Å². The monoisotopic (exact) mass is 558 g/mol. The molecule has 9 nitrogen and oxygen atoms in total. The predicted octanol–water partition coefficient (Wildman–Crippen LogP) is 6.18. The SMILES string of the molecule is CCCCC[C@H](CNC(=O)OCc1ccccc1)C(=O)O.CCCCC[C@H](CNOCc1ccccc1)C(=O)O. The van der Waals surface area contributed by atoms with E-state index in [4.69, 9.17) is 19.8 Å². The molecule has 222 valence electrons. The van der Waals surface area contributed by atoms with Crippen LogP contribution in [-0.4, -0.2) is 41.3 Å². The third-order valence-corrected chi connectivity index (χ3v) is 6.23. The first-order chi connectivity index (χ1) is 19.4. The van der Waals surface area contributed by atoms with Gasteiger partial charge < -0.3 is 20.3 Å². The minimum atomic E-state index is -0.880. The summed E-state index contributed by atoms with van der Waals surface area (Å²) in [5, 5.41) is 20.7. The lowest BCUT2D eigenvalue weighted by Gasteiger charge is -2.13. The number of rotatable bonds is 19. The maximum atomic E-state index is 11.5. The van der Waals surface area contributed by atoms with E-state index in [2.05, 4.69) is 24.6 Å². The van der Waals surface area contributed by atoms with Gasteiger partial charge in [-0.2, -0.15) is 0 Å². The second-order valence-corrected chi connectivity index (χ2v) is 9.63. The molecule has 0 radical (unpaired) electrons.